The number of anilines is 2. The maximum absolute atomic E-state index is 14.2. The van der Waals surface area contributed by atoms with E-state index in [4.69, 9.17) is 26.1 Å². The molecular formula is C33H33ClFN5O3S. The third-order valence-electron chi connectivity index (χ3n) is 8.00. The minimum atomic E-state index is -0.240. The van der Waals surface area contributed by atoms with Crippen molar-refractivity contribution in [1.82, 2.24) is 14.9 Å². The Labute approximate surface area is 265 Å². The number of piperazine rings is 1. The zero-order valence-corrected chi connectivity index (χ0v) is 26.2. The van der Waals surface area contributed by atoms with Crippen LogP contribution in [0.1, 0.15) is 27.0 Å². The van der Waals surface area contributed by atoms with Crippen LogP contribution >= 0.6 is 23.4 Å². The number of hydrogen-bond donors (Lipinski definition) is 0. The highest BCUT2D eigenvalue weighted by Crippen LogP contribution is 2.35. The van der Waals surface area contributed by atoms with Crippen LogP contribution in [0.5, 0.6) is 11.5 Å². The van der Waals surface area contributed by atoms with E-state index in [9.17, 15) is 9.18 Å². The van der Waals surface area contributed by atoms with Gasteiger partial charge in [-0.1, -0.05) is 47.6 Å². The van der Waals surface area contributed by atoms with E-state index >= 15 is 0 Å². The van der Waals surface area contributed by atoms with Gasteiger partial charge in [-0.2, -0.15) is 0 Å². The SMILES string of the molecule is COc1cc2c(cc1OC)CN(c1cc(Cl)nc(SCc3cccc(C(=O)N4CCN(c5ccccc5F)CC4)c3)n1)CC2. The first-order chi connectivity index (χ1) is 21.4. The molecule has 6 rings (SSSR count). The Morgan fingerprint density at radius 1 is 0.886 bits per heavy atom. The van der Waals surface area contributed by atoms with Crippen LogP contribution < -0.4 is 19.3 Å². The van der Waals surface area contributed by atoms with Gasteiger partial charge in [0.05, 0.1) is 19.9 Å². The van der Waals surface area contributed by atoms with Crippen LogP contribution in [-0.2, 0) is 18.7 Å². The van der Waals surface area contributed by atoms with Crippen molar-refractivity contribution in [3.05, 3.63) is 100.0 Å². The minimum absolute atomic E-state index is 0.0223. The average Bonchev–Trinajstić information content (AvgIpc) is 3.06. The Morgan fingerprint density at radius 3 is 2.39 bits per heavy atom. The Balaban J connectivity index is 1.09. The van der Waals surface area contributed by atoms with Gasteiger partial charge in [-0.15, -0.1) is 0 Å². The maximum Gasteiger partial charge on any atom is 0.253 e. The van der Waals surface area contributed by atoms with Gasteiger partial charge in [0.15, 0.2) is 16.7 Å². The Hall–Kier alpha value is -4.02. The lowest BCUT2D eigenvalue weighted by molar-refractivity contribution is 0.0746. The summed E-state index contributed by atoms with van der Waals surface area (Å²) in [6.45, 7) is 3.70. The van der Waals surface area contributed by atoms with Crippen LogP contribution in [-0.4, -0.2) is 67.7 Å². The first kappa shape index (κ1) is 30.0. The number of amides is 1. The average molecular weight is 634 g/mol. The Bertz CT molecular complexity index is 1670. The van der Waals surface area contributed by atoms with Gasteiger partial charge in [0, 0.05) is 56.7 Å². The third-order valence-corrected chi connectivity index (χ3v) is 9.12. The number of carbonyl (C=O) groups is 1. The van der Waals surface area contributed by atoms with E-state index < -0.39 is 0 Å². The Morgan fingerprint density at radius 2 is 1.64 bits per heavy atom. The second-order valence-corrected chi connectivity index (χ2v) is 12.0. The van der Waals surface area contributed by atoms with Crippen LogP contribution in [0.25, 0.3) is 0 Å². The fourth-order valence-corrected chi connectivity index (χ4v) is 6.70. The van der Waals surface area contributed by atoms with E-state index in [2.05, 4.69) is 9.88 Å². The molecule has 4 aromatic rings. The van der Waals surface area contributed by atoms with Gasteiger partial charge in [-0.25, -0.2) is 14.4 Å². The molecule has 8 nitrogen and oxygen atoms in total. The predicted molar refractivity (Wildman–Crippen MR) is 172 cm³/mol. The van der Waals surface area contributed by atoms with Gasteiger partial charge in [0.2, 0.25) is 0 Å². The Kier molecular flexibility index (Phi) is 9.09. The summed E-state index contributed by atoms with van der Waals surface area (Å²) in [6.07, 6.45) is 0.846. The van der Waals surface area contributed by atoms with Crippen molar-refractivity contribution in [1.29, 1.82) is 0 Å². The first-order valence-electron chi connectivity index (χ1n) is 14.5. The van der Waals surface area contributed by atoms with E-state index in [0.29, 0.717) is 65.8 Å². The molecule has 0 aliphatic carbocycles. The molecular weight excluding hydrogens is 601 g/mol. The second-order valence-electron chi connectivity index (χ2n) is 10.7. The largest absolute Gasteiger partial charge is 0.493 e. The molecule has 0 spiro atoms. The molecule has 44 heavy (non-hydrogen) atoms. The standard InChI is InChI=1S/C33H33ClFN5O3S/c1-42-28-17-23-10-11-40(20-25(23)18-29(28)43-2)31-19-30(34)36-33(37-31)44-21-22-6-5-7-24(16-22)32(41)39-14-12-38(13-15-39)27-9-4-3-8-26(27)35/h3-9,16-19H,10-15,20-21H2,1-2H3. The molecule has 1 amide bonds. The van der Waals surface area contributed by atoms with E-state index in [1.54, 1.807) is 32.4 Å². The molecule has 3 heterocycles. The summed E-state index contributed by atoms with van der Waals surface area (Å²) in [7, 11) is 3.29. The van der Waals surface area contributed by atoms with Crippen LogP contribution in [0.2, 0.25) is 5.15 Å². The van der Waals surface area contributed by atoms with Crippen molar-refractivity contribution in [3.63, 3.8) is 0 Å². The summed E-state index contributed by atoms with van der Waals surface area (Å²) < 4.78 is 25.2. The highest BCUT2D eigenvalue weighted by molar-refractivity contribution is 7.98. The van der Waals surface area contributed by atoms with Gasteiger partial charge in [0.1, 0.15) is 16.8 Å². The molecule has 2 aliphatic rings. The van der Waals surface area contributed by atoms with Crippen molar-refractivity contribution in [3.8, 4) is 11.5 Å². The molecule has 2 aliphatic heterocycles. The number of para-hydroxylation sites is 1. The number of nitrogens with zero attached hydrogens (tertiary/aromatic N) is 5. The van der Waals surface area contributed by atoms with Crippen LogP contribution in [0.15, 0.2) is 71.9 Å². The maximum atomic E-state index is 14.2. The summed E-state index contributed by atoms with van der Waals surface area (Å²) in [5.74, 6) is 2.53. The van der Waals surface area contributed by atoms with E-state index in [0.717, 1.165) is 35.7 Å². The quantitative estimate of drug-likeness (QED) is 0.131. The summed E-state index contributed by atoms with van der Waals surface area (Å²) in [5.41, 5.74) is 4.59. The zero-order valence-electron chi connectivity index (χ0n) is 24.6. The molecule has 11 heteroatoms. The number of carbonyl (C=O) groups excluding carboxylic acids is 1. The molecule has 0 saturated carbocycles. The topological polar surface area (TPSA) is 71.0 Å². The molecule has 0 bridgehead atoms. The van der Waals surface area contributed by atoms with E-state index in [1.165, 1.54) is 23.4 Å². The predicted octanol–water partition coefficient (Wildman–Crippen LogP) is 6.10. The number of benzene rings is 3. The fraction of sp³-hybridized carbons (Fsp3) is 0.303. The highest BCUT2D eigenvalue weighted by atomic mass is 35.5. The number of methoxy groups -OCH3 is 2. The van der Waals surface area contributed by atoms with Gasteiger partial charge in [-0.05, 0) is 59.5 Å². The van der Waals surface area contributed by atoms with Gasteiger partial charge in [0.25, 0.3) is 5.91 Å². The van der Waals surface area contributed by atoms with Crippen molar-refractivity contribution in [2.24, 2.45) is 0 Å². The fourth-order valence-electron chi connectivity index (χ4n) is 5.67. The molecule has 0 atom stereocenters. The first-order valence-corrected chi connectivity index (χ1v) is 15.8. The van der Waals surface area contributed by atoms with Crippen molar-refractivity contribution < 1.29 is 18.7 Å². The monoisotopic (exact) mass is 633 g/mol. The van der Waals surface area contributed by atoms with Gasteiger partial charge < -0.3 is 24.2 Å². The second kappa shape index (κ2) is 13.3. The van der Waals surface area contributed by atoms with Crippen molar-refractivity contribution in [2.45, 2.75) is 23.9 Å². The number of halogens is 2. The molecule has 1 aromatic heterocycles. The molecule has 1 saturated heterocycles. The molecule has 228 valence electrons. The molecule has 3 aromatic carbocycles. The van der Waals surface area contributed by atoms with E-state index in [1.807, 2.05) is 52.3 Å². The van der Waals surface area contributed by atoms with Crippen molar-refractivity contribution >= 4 is 40.8 Å². The van der Waals surface area contributed by atoms with E-state index in [-0.39, 0.29) is 11.7 Å². The number of fused-ring (bicyclic) bond motifs is 1. The van der Waals surface area contributed by atoms with Crippen molar-refractivity contribution in [2.75, 3.05) is 56.7 Å². The minimum Gasteiger partial charge on any atom is -0.493 e. The molecule has 1 fully saturated rings. The molecule has 0 unspecified atom stereocenters. The lowest BCUT2D eigenvalue weighted by atomic mass is 9.99. The highest BCUT2D eigenvalue weighted by Gasteiger charge is 2.24. The lowest BCUT2D eigenvalue weighted by Gasteiger charge is -2.36. The number of rotatable bonds is 8. The lowest BCUT2D eigenvalue weighted by Crippen LogP contribution is -2.49. The number of aromatic nitrogens is 2. The van der Waals surface area contributed by atoms with Crippen LogP contribution in [0.4, 0.5) is 15.9 Å². The molecule has 0 radical (unpaired) electrons. The third kappa shape index (κ3) is 6.56. The number of hydrogen-bond acceptors (Lipinski definition) is 8. The molecule has 0 N–H and O–H groups in total. The number of thioether (sulfide) groups is 1. The summed E-state index contributed by atoms with van der Waals surface area (Å²) in [4.78, 5) is 28.6. The normalized spacial score (nSPS) is 14.8. The summed E-state index contributed by atoms with van der Waals surface area (Å²) in [6, 6.07) is 20.3. The van der Waals surface area contributed by atoms with Gasteiger partial charge in [-0.3, -0.25) is 4.79 Å². The van der Waals surface area contributed by atoms with Gasteiger partial charge >= 0.3 is 0 Å². The zero-order chi connectivity index (χ0) is 30.6. The smallest absolute Gasteiger partial charge is 0.253 e. The van der Waals surface area contributed by atoms with Crippen LogP contribution in [0, 0.1) is 5.82 Å². The van der Waals surface area contributed by atoms with Crippen LogP contribution in [0.3, 0.4) is 0 Å². The number of ether oxygens (including phenoxy) is 2. The summed E-state index contributed by atoms with van der Waals surface area (Å²) in [5, 5.41) is 0.959. The summed E-state index contributed by atoms with van der Waals surface area (Å²) >= 11 is 7.93.